The van der Waals surface area contributed by atoms with E-state index in [1.54, 1.807) is 0 Å². The Bertz CT molecular complexity index is 2280. The summed E-state index contributed by atoms with van der Waals surface area (Å²) in [7, 11) is 0. The van der Waals surface area contributed by atoms with E-state index in [1.807, 2.05) is 12.3 Å². The second-order valence-electron chi connectivity index (χ2n) is 15.6. The molecule has 0 saturated heterocycles. The predicted octanol–water partition coefficient (Wildman–Crippen LogP) is 10.4. The van der Waals surface area contributed by atoms with Gasteiger partial charge >= 0.3 is 0 Å². The number of hydrogen-bond acceptors (Lipinski definition) is 4. The lowest BCUT2D eigenvalue weighted by atomic mass is 9.33. The van der Waals surface area contributed by atoms with Gasteiger partial charge in [-0.3, -0.25) is 4.90 Å². The Morgan fingerprint density at radius 2 is 1.21 bits per heavy atom. The maximum Gasteiger partial charge on any atom is 0.252 e. The van der Waals surface area contributed by atoms with Gasteiger partial charge in [0.2, 0.25) is 0 Å². The van der Waals surface area contributed by atoms with Crippen LogP contribution >= 0.6 is 0 Å². The molecule has 5 heteroatoms. The molecule has 5 aromatic carbocycles. The van der Waals surface area contributed by atoms with Gasteiger partial charge in [-0.05, 0) is 126 Å². The van der Waals surface area contributed by atoms with Gasteiger partial charge in [0, 0.05) is 58.0 Å². The summed E-state index contributed by atoms with van der Waals surface area (Å²) >= 11 is 0. The fourth-order valence-corrected chi connectivity index (χ4v) is 10.7. The van der Waals surface area contributed by atoms with Crippen molar-refractivity contribution < 1.29 is 0 Å². The van der Waals surface area contributed by atoms with Crippen LogP contribution in [0.2, 0.25) is 0 Å². The van der Waals surface area contributed by atoms with E-state index in [2.05, 4.69) is 136 Å². The molecule has 0 N–H and O–H groups in total. The van der Waals surface area contributed by atoms with E-state index in [9.17, 15) is 0 Å². The van der Waals surface area contributed by atoms with Gasteiger partial charge in [-0.15, -0.1) is 0 Å². The third-order valence-corrected chi connectivity index (χ3v) is 12.9. The van der Waals surface area contributed by atoms with Crippen molar-refractivity contribution in [3.8, 4) is 0 Å². The van der Waals surface area contributed by atoms with Gasteiger partial charge in [-0.2, -0.15) is 0 Å². The van der Waals surface area contributed by atoms with E-state index in [-0.39, 0.29) is 6.71 Å². The Balaban J connectivity index is 1.22. The molecule has 254 valence electrons. The molecule has 2 saturated carbocycles. The van der Waals surface area contributed by atoms with Crippen LogP contribution < -0.4 is 31.1 Å². The SMILES string of the molecule is c1ccc(N2c3cc4c(cc3B3c5ccccc5N(c5ccccn5)c5cc(C6CCCCC6)cc2c53)N(c2ccccc2)C2CCCCC42)cc1. The van der Waals surface area contributed by atoms with Crippen LogP contribution in [-0.4, -0.2) is 17.7 Å². The summed E-state index contributed by atoms with van der Waals surface area (Å²) in [5.74, 6) is 2.08. The number of anilines is 8. The fourth-order valence-electron chi connectivity index (χ4n) is 10.7. The molecule has 52 heavy (non-hydrogen) atoms. The first-order chi connectivity index (χ1) is 25.8. The van der Waals surface area contributed by atoms with Crippen LogP contribution in [0.4, 0.5) is 45.6 Å². The molecular formula is C47H43BN4. The summed E-state index contributed by atoms with van der Waals surface area (Å²) in [6.07, 6.45) is 13.5. The molecule has 0 amide bonds. The third-order valence-electron chi connectivity index (χ3n) is 12.9. The number of hydrogen-bond donors (Lipinski definition) is 0. The van der Waals surface area contributed by atoms with Gasteiger partial charge in [0.15, 0.2) is 0 Å². The molecule has 0 bridgehead atoms. The number of pyridine rings is 1. The largest absolute Gasteiger partial charge is 0.338 e. The van der Waals surface area contributed by atoms with E-state index < -0.39 is 0 Å². The van der Waals surface area contributed by atoms with Gasteiger partial charge in [0.05, 0.1) is 0 Å². The second-order valence-corrected chi connectivity index (χ2v) is 15.6. The van der Waals surface area contributed by atoms with E-state index in [0.29, 0.717) is 17.9 Å². The second kappa shape index (κ2) is 12.2. The van der Waals surface area contributed by atoms with Crippen molar-refractivity contribution in [3.63, 3.8) is 0 Å². The monoisotopic (exact) mass is 674 g/mol. The minimum atomic E-state index is 0.0991. The highest BCUT2D eigenvalue weighted by atomic mass is 15.2. The van der Waals surface area contributed by atoms with Crippen LogP contribution in [0.15, 0.2) is 134 Å². The van der Waals surface area contributed by atoms with E-state index in [1.165, 1.54) is 125 Å². The van der Waals surface area contributed by atoms with Crippen LogP contribution in [0.5, 0.6) is 0 Å². The van der Waals surface area contributed by atoms with Crippen LogP contribution in [0, 0.1) is 0 Å². The molecule has 2 fully saturated rings. The topological polar surface area (TPSA) is 22.6 Å². The lowest BCUT2D eigenvalue weighted by Crippen LogP contribution is -2.61. The van der Waals surface area contributed by atoms with Crippen molar-refractivity contribution in [1.29, 1.82) is 0 Å². The normalized spacial score (nSPS) is 20.2. The van der Waals surface area contributed by atoms with Crippen LogP contribution in [-0.2, 0) is 0 Å². The Morgan fingerprint density at radius 1 is 0.519 bits per heavy atom. The Labute approximate surface area is 307 Å². The number of aromatic nitrogens is 1. The number of rotatable bonds is 4. The zero-order chi connectivity index (χ0) is 34.2. The first-order valence-electron chi connectivity index (χ1n) is 19.7. The van der Waals surface area contributed by atoms with Crippen molar-refractivity contribution in [2.24, 2.45) is 0 Å². The quantitative estimate of drug-likeness (QED) is 0.173. The third kappa shape index (κ3) is 4.57. The number of benzene rings is 5. The molecule has 0 radical (unpaired) electrons. The highest BCUT2D eigenvalue weighted by Crippen LogP contribution is 2.54. The van der Waals surface area contributed by atoms with Gasteiger partial charge in [-0.1, -0.05) is 92.8 Å². The zero-order valence-corrected chi connectivity index (χ0v) is 29.7. The van der Waals surface area contributed by atoms with Crippen LogP contribution in [0.3, 0.4) is 0 Å². The molecular weight excluding hydrogens is 631 g/mol. The fraction of sp³-hybridized carbons (Fsp3) is 0.255. The molecule has 2 atom stereocenters. The molecule has 1 aromatic heterocycles. The van der Waals surface area contributed by atoms with E-state index in [0.717, 1.165) is 5.82 Å². The standard InChI is InChI=1S/C47H43BN4/c1-4-16-32(17-5-1)33-28-44-47-45(29-33)52(46-26-14-15-27-49-46)41-25-13-11-23-38(41)48(47)39-31-42-37(30-43(39)51(44)35-20-8-3-9-21-35)36-22-10-12-24-40(36)50(42)34-18-6-2-7-19-34/h2-3,6-9,11,13-15,18-21,23,25-32,36,40H,1,4-5,10,12,16-17,22,24H2. The maximum atomic E-state index is 5.00. The van der Waals surface area contributed by atoms with Crippen molar-refractivity contribution in [3.05, 3.63) is 145 Å². The highest BCUT2D eigenvalue weighted by Gasteiger charge is 2.47. The first-order valence-corrected chi connectivity index (χ1v) is 19.7. The minimum absolute atomic E-state index is 0.0991. The predicted molar refractivity (Wildman–Crippen MR) is 218 cm³/mol. The van der Waals surface area contributed by atoms with Crippen molar-refractivity contribution in [1.82, 2.24) is 4.98 Å². The summed E-state index contributed by atoms with van der Waals surface area (Å²) in [5.41, 5.74) is 16.3. The highest BCUT2D eigenvalue weighted by molar-refractivity contribution is 7.00. The molecule has 11 rings (SSSR count). The van der Waals surface area contributed by atoms with E-state index in [4.69, 9.17) is 4.98 Å². The summed E-state index contributed by atoms with van der Waals surface area (Å²) in [5, 5.41) is 0. The number of para-hydroxylation sites is 3. The molecule has 5 aliphatic rings. The summed E-state index contributed by atoms with van der Waals surface area (Å²) in [6.45, 7) is 0.0991. The number of nitrogens with zero attached hydrogens (tertiary/aromatic N) is 4. The molecule has 0 spiro atoms. The van der Waals surface area contributed by atoms with Gasteiger partial charge in [0.1, 0.15) is 5.82 Å². The van der Waals surface area contributed by atoms with Crippen molar-refractivity contribution in [2.75, 3.05) is 14.7 Å². The molecule has 4 heterocycles. The van der Waals surface area contributed by atoms with Gasteiger partial charge in [-0.25, -0.2) is 4.98 Å². The minimum Gasteiger partial charge on any atom is -0.338 e. The zero-order valence-electron chi connectivity index (χ0n) is 29.7. The summed E-state index contributed by atoms with van der Waals surface area (Å²) < 4.78 is 0. The average Bonchev–Trinajstić information content (AvgIpc) is 3.54. The Kier molecular flexibility index (Phi) is 7.09. The molecule has 2 unspecified atom stereocenters. The van der Waals surface area contributed by atoms with Crippen molar-refractivity contribution in [2.45, 2.75) is 75.7 Å². The maximum absolute atomic E-state index is 5.00. The molecule has 6 aromatic rings. The molecule has 3 aliphatic heterocycles. The van der Waals surface area contributed by atoms with Gasteiger partial charge in [0.25, 0.3) is 6.71 Å². The average molecular weight is 675 g/mol. The summed E-state index contributed by atoms with van der Waals surface area (Å²) in [4.78, 5) is 12.8. The summed E-state index contributed by atoms with van der Waals surface area (Å²) in [6, 6.07) is 48.7. The lowest BCUT2D eigenvalue weighted by Gasteiger charge is -2.45. The van der Waals surface area contributed by atoms with Crippen LogP contribution in [0.1, 0.15) is 80.8 Å². The molecule has 2 aliphatic carbocycles. The Hall–Kier alpha value is -5.29. The van der Waals surface area contributed by atoms with Crippen molar-refractivity contribution >= 4 is 68.7 Å². The smallest absolute Gasteiger partial charge is 0.252 e. The molecule has 4 nitrogen and oxygen atoms in total. The lowest BCUT2D eigenvalue weighted by molar-refractivity contribution is 0.402. The van der Waals surface area contributed by atoms with E-state index >= 15 is 0 Å². The van der Waals surface area contributed by atoms with Gasteiger partial charge < -0.3 is 9.80 Å². The first kappa shape index (κ1) is 30.4. The Morgan fingerprint density at radius 3 is 2.00 bits per heavy atom. The number of fused-ring (bicyclic) bond motifs is 7. The van der Waals surface area contributed by atoms with Crippen LogP contribution in [0.25, 0.3) is 0 Å².